The number of carbonyl (C=O) groups is 1. The van der Waals surface area contributed by atoms with E-state index in [0.29, 0.717) is 11.1 Å². The summed E-state index contributed by atoms with van der Waals surface area (Å²) in [4.78, 5) is 13.1. The molecular weight excluding hydrogens is 262 g/mol. The summed E-state index contributed by atoms with van der Waals surface area (Å²) in [5.41, 5.74) is 0.952. The van der Waals surface area contributed by atoms with Crippen molar-refractivity contribution in [3.63, 3.8) is 0 Å². The number of carboxylic acid groups (broad SMARTS) is 1. The molecule has 0 heterocycles. The Balaban J connectivity index is 2.16. The number of benzene rings is 1. The van der Waals surface area contributed by atoms with E-state index >= 15 is 0 Å². The van der Waals surface area contributed by atoms with Gasteiger partial charge in [-0.2, -0.15) is 0 Å². The van der Waals surface area contributed by atoms with Crippen LogP contribution >= 0.6 is 11.6 Å². The molecule has 0 aliphatic heterocycles. The fraction of sp³-hybridized carbons (Fsp3) is 0.533. The number of nitrogens with zero attached hydrogens (tertiary/aromatic N) is 1. The maximum absolute atomic E-state index is 11.1. The Morgan fingerprint density at radius 3 is 2.58 bits per heavy atom. The molecule has 1 aliphatic rings. The van der Waals surface area contributed by atoms with Gasteiger partial charge in [0.15, 0.2) is 0 Å². The Morgan fingerprint density at radius 1 is 1.37 bits per heavy atom. The van der Waals surface area contributed by atoms with Gasteiger partial charge in [-0.15, -0.1) is 0 Å². The van der Waals surface area contributed by atoms with Crippen molar-refractivity contribution in [2.45, 2.75) is 38.6 Å². The van der Waals surface area contributed by atoms with E-state index in [1.165, 1.54) is 12.8 Å². The molecule has 4 heteroatoms. The molecule has 1 aliphatic carbocycles. The second-order valence-electron chi connectivity index (χ2n) is 5.24. The monoisotopic (exact) mass is 281 g/mol. The summed E-state index contributed by atoms with van der Waals surface area (Å²) in [5.74, 6) is -0.0523. The topological polar surface area (TPSA) is 40.5 Å². The highest BCUT2D eigenvalue weighted by atomic mass is 35.5. The molecule has 1 fully saturated rings. The highest BCUT2D eigenvalue weighted by Gasteiger charge is 2.29. The maximum Gasteiger partial charge on any atom is 0.323 e. The molecule has 19 heavy (non-hydrogen) atoms. The van der Waals surface area contributed by atoms with Crippen LogP contribution in [0, 0.1) is 5.92 Å². The first-order valence-electron chi connectivity index (χ1n) is 6.84. The highest BCUT2D eigenvalue weighted by Crippen LogP contribution is 2.34. The van der Waals surface area contributed by atoms with Crippen LogP contribution in [0.5, 0.6) is 0 Å². The zero-order valence-corrected chi connectivity index (χ0v) is 11.9. The van der Waals surface area contributed by atoms with Gasteiger partial charge >= 0.3 is 5.97 Å². The van der Waals surface area contributed by atoms with Crippen LogP contribution < -0.4 is 4.90 Å². The van der Waals surface area contributed by atoms with Gasteiger partial charge in [0.2, 0.25) is 0 Å². The number of rotatable bonds is 5. The molecule has 104 valence electrons. The minimum absolute atomic E-state index is 0.0583. The summed E-state index contributed by atoms with van der Waals surface area (Å²) in [7, 11) is 0. The summed E-state index contributed by atoms with van der Waals surface area (Å²) >= 11 is 5.89. The molecule has 0 spiro atoms. The van der Waals surface area contributed by atoms with Crippen LogP contribution in [0.3, 0.4) is 0 Å². The average molecular weight is 282 g/mol. The lowest BCUT2D eigenvalue weighted by molar-refractivity contribution is -0.135. The largest absolute Gasteiger partial charge is 0.480 e. The highest BCUT2D eigenvalue weighted by molar-refractivity contribution is 6.30. The minimum Gasteiger partial charge on any atom is -0.480 e. The predicted molar refractivity (Wildman–Crippen MR) is 77.9 cm³/mol. The van der Waals surface area contributed by atoms with Gasteiger partial charge in [-0.3, -0.25) is 4.79 Å². The molecule has 1 aromatic carbocycles. The first-order chi connectivity index (χ1) is 9.10. The van der Waals surface area contributed by atoms with Crippen LogP contribution in [0.4, 0.5) is 5.69 Å². The Bertz CT molecular complexity index is 432. The first kappa shape index (κ1) is 14.2. The molecule has 1 aromatic rings. The standard InChI is InChI=1S/C15H20ClNO2/c1-2-11-3-6-14(9-11)17(10-15(18)19)13-7-4-12(16)5-8-13/h4-5,7-8,11,14H,2-3,6,9-10H2,1H3,(H,18,19). The number of carboxylic acids is 1. The quantitative estimate of drug-likeness (QED) is 0.892. The van der Waals surface area contributed by atoms with Crippen molar-refractivity contribution < 1.29 is 9.90 Å². The van der Waals surface area contributed by atoms with Crippen molar-refractivity contribution in [2.24, 2.45) is 5.92 Å². The van der Waals surface area contributed by atoms with Crippen LogP contribution in [0.2, 0.25) is 5.02 Å². The lowest BCUT2D eigenvalue weighted by Crippen LogP contribution is -2.37. The predicted octanol–water partition coefficient (Wildman–Crippen LogP) is 3.81. The molecule has 0 aromatic heterocycles. The molecule has 0 radical (unpaired) electrons. The molecule has 2 unspecified atom stereocenters. The minimum atomic E-state index is -0.783. The van der Waals surface area contributed by atoms with E-state index in [0.717, 1.165) is 24.4 Å². The van der Waals surface area contributed by atoms with Gasteiger partial charge in [-0.25, -0.2) is 0 Å². The van der Waals surface area contributed by atoms with Crippen molar-refractivity contribution >= 4 is 23.3 Å². The Kier molecular flexibility index (Phi) is 4.70. The van der Waals surface area contributed by atoms with Crippen LogP contribution in [-0.2, 0) is 4.79 Å². The Morgan fingerprint density at radius 2 is 2.05 bits per heavy atom. The number of anilines is 1. The number of aliphatic carboxylic acids is 1. The van der Waals surface area contributed by atoms with Crippen molar-refractivity contribution in [3.05, 3.63) is 29.3 Å². The first-order valence-corrected chi connectivity index (χ1v) is 7.22. The van der Waals surface area contributed by atoms with Crippen molar-refractivity contribution in [3.8, 4) is 0 Å². The van der Waals surface area contributed by atoms with Gasteiger partial charge in [0.1, 0.15) is 6.54 Å². The molecule has 0 saturated heterocycles. The Labute approximate surface area is 119 Å². The van der Waals surface area contributed by atoms with Crippen LogP contribution in [-0.4, -0.2) is 23.7 Å². The number of halogens is 1. The fourth-order valence-electron chi connectivity index (χ4n) is 2.91. The molecule has 1 saturated carbocycles. The summed E-state index contributed by atoms with van der Waals surface area (Å²) in [6.45, 7) is 2.26. The van der Waals surface area contributed by atoms with E-state index < -0.39 is 5.97 Å². The molecule has 2 rings (SSSR count). The van der Waals surface area contributed by atoms with Gasteiger partial charge in [-0.05, 0) is 49.4 Å². The summed E-state index contributed by atoms with van der Waals surface area (Å²) in [6.07, 6.45) is 4.55. The van der Waals surface area contributed by atoms with Gasteiger partial charge in [0.05, 0.1) is 0 Å². The summed E-state index contributed by atoms with van der Waals surface area (Å²) in [5, 5.41) is 9.79. The van der Waals surface area contributed by atoms with Crippen LogP contribution in [0.25, 0.3) is 0 Å². The average Bonchev–Trinajstić information content (AvgIpc) is 2.85. The zero-order chi connectivity index (χ0) is 13.8. The van der Waals surface area contributed by atoms with Crippen LogP contribution in [0.15, 0.2) is 24.3 Å². The van der Waals surface area contributed by atoms with E-state index in [2.05, 4.69) is 6.92 Å². The molecule has 3 nitrogen and oxygen atoms in total. The fourth-order valence-corrected chi connectivity index (χ4v) is 3.04. The Hall–Kier alpha value is -1.22. The maximum atomic E-state index is 11.1. The molecule has 0 amide bonds. The summed E-state index contributed by atoms with van der Waals surface area (Å²) in [6, 6.07) is 7.78. The number of hydrogen-bond donors (Lipinski definition) is 1. The van der Waals surface area contributed by atoms with Gasteiger partial charge in [0, 0.05) is 16.8 Å². The van der Waals surface area contributed by atoms with Gasteiger partial charge in [0.25, 0.3) is 0 Å². The number of hydrogen-bond acceptors (Lipinski definition) is 2. The van der Waals surface area contributed by atoms with E-state index in [4.69, 9.17) is 16.7 Å². The van der Waals surface area contributed by atoms with Crippen molar-refractivity contribution in [1.29, 1.82) is 0 Å². The molecule has 2 atom stereocenters. The lowest BCUT2D eigenvalue weighted by Gasteiger charge is -2.30. The normalized spacial score (nSPS) is 22.4. The van der Waals surface area contributed by atoms with Gasteiger partial charge < -0.3 is 10.0 Å². The third-order valence-corrected chi connectivity index (χ3v) is 4.25. The van der Waals surface area contributed by atoms with E-state index in [9.17, 15) is 4.79 Å². The van der Waals surface area contributed by atoms with Crippen LogP contribution in [0.1, 0.15) is 32.6 Å². The second kappa shape index (κ2) is 6.29. The third-order valence-electron chi connectivity index (χ3n) is 4.00. The van der Waals surface area contributed by atoms with Crippen molar-refractivity contribution in [1.82, 2.24) is 0 Å². The van der Waals surface area contributed by atoms with Gasteiger partial charge in [-0.1, -0.05) is 24.9 Å². The second-order valence-corrected chi connectivity index (χ2v) is 5.68. The van der Waals surface area contributed by atoms with E-state index in [1.807, 2.05) is 29.2 Å². The molecular formula is C15H20ClNO2. The van der Waals surface area contributed by atoms with E-state index in [-0.39, 0.29) is 6.54 Å². The van der Waals surface area contributed by atoms with E-state index in [1.54, 1.807) is 0 Å². The zero-order valence-electron chi connectivity index (χ0n) is 11.2. The third kappa shape index (κ3) is 3.63. The molecule has 1 N–H and O–H groups in total. The molecule has 0 bridgehead atoms. The smallest absolute Gasteiger partial charge is 0.323 e. The summed E-state index contributed by atoms with van der Waals surface area (Å²) < 4.78 is 0. The SMILES string of the molecule is CCC1CCC(N(CC(=O)O)c2ccc(Cl)cc2)C1. The lowest BCUT2D eigenvalue weighted by atomic mass is 10.0. The van der Waals surface area contributed by atoms with Crippen molar-refractivity contribution in [2.75, 3.05) is 11.4 Å².